The summed E-state index contributed by atoms with van der Waals surface area (Å²) in [6, 6.07) is 11.3. The van der Waals surface area contributed by atoms with Crippen LogP contribution in [0.3, 0.4) is 0 Å². The Morgan fingerprint density at radius 2 is 1.69 bits per heavy atom. The van der Waals surface area contributed by atoms with Crippen LogP contribution in [0.2, 0.25) is 10.0 Å². The van der Waals surface area contributed by atoms with Crippen LogP contribution in [0.4, 0.5) is 5.69 Å². The minimum Gasteiger partial charge on any atom is -0.352 e. The molecule has 2 aromatic carbocycles. The summed E-state index contributed by atoms with van der Waals surface area (Å²) in [5.74, 6) is -0.747. The average molecular weight is 555 g/mol. The summed E-state index contributed by atoms with van der Waals surface area (Å²) in [6.07, 6.45) is 5.36. The molecule has 0 heterocycles. The van der Waals surface area contributed by atoms with Gasteiger partial charge >= 0.3 is 0 Å². The number of anilines is 1. The van der Waals surface area contributed by atoms with Gasteiger partial charge in [-0.15, -0.1) is 0 Å². The molecule has 10 heteroatoms. The second-order valence-electron chi connectivity index (χ2n) is 9.18. The highest BCUT2D eigenvalue weighted by Crippen LogP contribution is 2.29. The molecular weight excluding hydrogens is 521 g/mol. The molecule has 36 heavy (non-hydrogen) atoms. The van der Waals surface area contributed by atoms with Crippen LogP contribution in [-0.2, 0) is 26.2 Å². The molecule has 0 radical (unpaired) electrons. The number of carbonyl (C=O) groups is 2. The normalized spacial score (nSPS) is 14.9. The first-order valence-electron chi connectivity index (χ1n) is 12.1. The Hall–Kier alpha value is -2.29. The molecule has 7 nitrogen and oxygen atoms in total. The Kier molecular flexibility index (Phi) is 9.66. The fourth-order valence-electron chi connectivity index (χ4n) is 4.56. The van der Waals surface area contributed by atoms with E-state index in [-0.39, 0.29) is 18.5 Å². The lowest BCUT2D eigenvalue weighted by atomic mass is 10.1. The minimum absolute atomic E-state index is 0.0707. The highest BCUT2D eigenvalue weighted by Gasteiger charge is 2.33. The second-order valence-corrected chi connectivity index (χ2v) is 11.9. The fourth-order valence-corrected chi connectivity index (χ4v) is 5.82. The van der Waals surface area contributed by atoms with Crippen molar-refractivity contribution < 1.29 is 18.0 Å². The van der Waals surface area contributed by atoms with Gasteiger partial charge in [0.25, 0.3) is 0 Å². The van der Waals surface area contributed by atoms with E-state index in [1.165, 1.54) is 4.90 Å². The molecule has 2 amide bonds. The van der Waals surface area contributed by atoms with Gasteiger partial charge in [-0.2, -0.15) is 0 Å². The summed E-state index contributed by atoms with van der Waals surface area (Å²) in [7, 11) is -3.84. The SMILES string of the molecule is CCC(C(=O)NC1CCCC1)N(Cc1ccccc1Cl)C(=O)CN(c1cccc(Cl)c1C)S(C)(=O)=O. The van der Waals surface area contributed by atoms with Crippen molar-refractivity contribution in [2.75, 3.05) is 17.1 Å². The number of hydrogen-bond acceptors (Lipinski definition) is 4. The molecule has 0 bridgehead atoms. The Balaban J connectivity index is 1.96. The first-order valence-corrected chi connectivity index (χ1v) is 14.7. The van der Waals surface area contributed by atoms with Crippen molar-refractivity contribution in [1.29, 1.82) is 0 Å². The van der Waals surface area contributed by atoms with E-state index >= 15 is 0 Å². The lowest BCUT2D eigenvalue weighted by Gasteiger charge is -2.34. The van der Waals surface area contributed by atoms with Gasteiger partial charge in [-0.1, -0.05) is 67.2 Å². The van der Waals surface area contributed by atoms with Crippen LogP contribution in [0, 0.1) is 6.92 Å². The highest BCUT2D eigenvalue weighted by atomic mass is 35.5. The zero-order valence-corrected chi connectivity index (χ0v) is 23.2. The molecule has 3 rings (SSSR count). The molecule has 1 N–H and O–H groups in total. The molecule has 1 aliphatic carbocycles. The minimum atomic E-state index is -3.84. The Morgan fingerprint density at radius 3 is 2.31 bits per heavy atom. The predicted octanol–water partition coefficient (Wildman–Crippen LogP) is 4.93. The van der Waals surface area contributed by atoms with E-state index in [2.05, 4.69) is 5.32 Å². The summed E-state index contributed by atoms with van der Waals surface area (Å²) in [6.45, 7) is 3.13. The van der Waals surface area contributed by atoms with Gasteiger partial charge in [0.15, 0.2) is 0 Å². The first-order chi connectivity index (χ1) is 17.0. The van der Waals surface area contributed by atoms with Crippen LogP contribution < -0.4 is 9.62 Å². The molecular formula is C26H33Cl2N3O4S. The van der Waals surface area contributed by atoms with Gasteiger partial charge < -0.3 is 10.2 Å². The lowest BCUT2D eigenvalue weighted by molar-refractivity contribution is -0.140. The molecule has 2 aromatic rings. The molecule has 0 aliphatic heterocycles. The Morgan fingerprint density at radius 1 is 1.06 bits per heavy atom. The number of rotatable bonds is 10. The standard InChI is InChI=1S/C26H33Cl2N3O4S/c1-4-23(26(33)29-20-11-6-7-12-20)30(16-19-10-5-8-13-22(19)28)25(32)17-31(36(3,34)35)24-15-9-14-21(27)18(24)2/h5,8-10,13-15,20,23H,4,6-7,11-12,16-17H2,1-3H3,(H,29,33). The zero-order chi connectivity index (χ0) is 26.5. The van der Waals surface area contributed by atoms with Gasteiger partial charge in [0.05, 0.1) is 11.9 Å². The zero-order valence-electron chi connectivity index (χ0n) is 20.8. The predicted molar refractivity (Wildman–Crippen MR) is 145 cm³/mol. The van der Waals surface area contributed by atoms with Gasteiger partial charge in [0.2, 0.25) is 21.8 Å². The van der Waals surface area contributed by atoms with Gasteiger partial charge in [-0.3, -0.25) is 13.9 Å². The molecule has 1 atom stereocenters. The fraction of sp³-hybridized carbons (Fsp3) is 0.462. The Labute approximate surface area is 223 Å². The third-order valence-electron chi connectivity index (χ3n) is 6.57. The number of nitrogens with one attached hydrogen (secondary N) is 1. The summed E-state index contributed by atoms with van der Waals surface area (Å²) in [4.78, 5) is 28.5. The second kappa shape index (κ2) is 12.3. The molecule has 1 unspecified atom stereocenters. The smallest absolute Gasteiger partial charge is 0.244 e. The number of sulfonamides is 1. The van der Waals surface area contributed by atoms with E-state index < -0.39 is 28.5 Å². The number of amides is 2. The van der Waals surface area contributed by atoms with Crippen LogP contribution in [0.25, 0.3) is 0 Å². The van der Waals surface area contributed by atoms with Gasteiger partial charge in [0.1, 0.15) is 12.6 Å². The van der Waals surface area contributed by atoms with Gasteiger partial charge in [-0.25, -0.2) is 8.42 Å². The van der Waals surface area contributed by atoms with Crippen LogP contribution >= 0.6 is 23.2 Å². The lowest BCUT2D eigenvalue weighted by Crippen LogP contribution is -2.53. The van der Waals surface area contributed by atoms with Crippen molar-refractivity contribution in [3.05, 3.63) is 63.6 Å². The summed E-state index contributed by atoms with van der Waals surface area (Å²) >= 11 is 12.6. The Bertz CT molecular complexity index is 1200. The molecule has 196 valence electrons. The highest BCUT2D eigenvalue weighted by molar-refractivity contribution is 7.92. The maximum Gasteiger partial charge on any atom is 0.244 e. The van der Waals surface area contributed by atoms with Crippen molar-refractivity contribution in [2.24, 2.45) is 0 Å². The van der Waals surface area contributed by atoms with E-state index in [9.17, 15) is 18.0 Å². The number of halogens is 2. The molecule has 0 spiro atoms. The summed E-state index contributed by atoms with van der Waals surface area (Å²) < 4.78 is 26.6. The van der Waals surface area contributed by atoms with Crippen molar-refractivity contribution >= 4 is 50.7 Å². The first kappa shape index (κ1) is 28.3. The molecule has 1 fully saturated rings. The van der Waals surface area contributed by atoms with Gasteiger partial charge in [0, 0.05) is 22.6 Å². The van der Waals surface area contributed by atoms with E-state index in [1.54, 1.807) is 43.3 Å². The van der Waals surface area contributed by atoms with Crippen LogP contribution in [0.5, 0.6) is 0 Å². The van der Waals surface area contributed by atoms with Crippen LogP contribution in [-0.4, -0.2) is 50.0 Å². The van der Waals surface area contributed by atoms with E-state index in [1.807, 2.05) is 13.0 Å². The van der Waals surface area contributed by atoms with E-state index in [4.69, 9.17) is 23.2 Å². The van der Waals surface area contributed by atoms with E-state index in [0.29, 0.717) is 33.3 Å². The van der Waals surface area contributed by atoms with Crippen LogP contribution in [0.1, 0.15) is 50.2 Å². The largest absolute Gasteiger partial charge is 0.352 e. The van der Waals surface area contributed by atoms with E-state index in [0.717, 1.165) is 36.2 Å². The monoisotopic (exact) mass is 553 g/mol. The maximum absolute atomic E-state index is 13.8. The van der Waals surface area contributed by atoms with Crippen molar-refractivity contribution in [1.82, 2.24) is 10.2 Å². The van der Waals surface area contributed by atoms with Gasteiger partial charge in [-0.05, 0) is 55.5 Å². The van der Waals surface area contributed by atoms with Crippen molar-refractivity contribution in [3.63, 3.8) is 0 Å². The molecule has 1 saturated carbocycles. The number of benzene rings is 2. The third kappa shape index (κ3) is 6.93. The summed E-state index contributed by atoms with van der Waals surface area (Å²) in [5, 5.41) is 3.94. The number of carbonyl (C=O) groups excluding carboxylic acids is 2. The topological polar surface area (TPSA) is 86.8 Å². The number of nitrogens with zero attached hydrogens (tertiary/aromatic N) is 2. The van der Waals surface area contributed by atoms with Crippen molar-refractivity contribution in [2.45, 2.75) is 64.6 Å². The quantitative estimate of drug-likeness (QED) is 0.451. The number of hydrogen-bond donors (Lipinski definition) is 1. The van der Waals surface area contributed by atoms with Crippen LogP contribution in [0.15, 0.2) is 42.5 Å². The van der Waals surface area contributed by atoms with Crippen molar-refractivity contribution in [3.8, 4) is 0 Å². The molecule has 1 aliphatic rings. The molecule has 0 aromatic heterocycles. The maximum atomic E-state index is 13.8. The average Bonchev–Trinajstić information content (AvgIpc) is 3.33. The summed E-state index contributed by atoms with van der Waals surface area (Å²) in [5.41, 5.74) is 1.53. The third-order valence-corrected chi connectivity index (χ3v) is 8.48. The molecule has 0 saturated heterocycles.